The Morgan fingerprint density at radius 3 is 3.04 bits per heavy atom. The van der Waals surface area contributed by atoms with Crippen molar-refractivity contribution in [2.45, 2.75) is 44.2 Å². The molecule has 1 aliphatic rings. The Bertz CT molecular complexity index is 790. The van der Waals surface area contributed by atoms with Gasteiger partial charge in [0, 0.05) is 6.54 Å². The van der Waals surface area contributed by atoms with Crippen LogP contribution in [0.1, 0.15) is 39.0 Å². The number of carbonyl (C=O) groups excluding carboxylic acids is 1. The number of para-hydroxylation sites is 2. The first-order valence-corrected chi connectivity index (χ1v) is 10.3. The lowest BCUT2D eigenvalue weighted by atomic mass is 9.97. The van der Waals surface area contributed by atoms with Crippen molar-refractivity contribution in [3.8, 4) is 11.4 Å². The van der Waals surface area contributed by atoms with Gasteiger partial charge in [0.15, 0.2) is 0 Å². The average Bonchev–Trinajstić information content (AvgIpc) is 3.16. The number of carbonyl (C=O) groups is 1. The first kappa shape index (κ1) is 19.4. The number of thioether (sulfide) groups is 1. The Hall–Kier alpha value is -2.35. The lowest BCUT2D eigenvalue weighted by molar-refractivity contribution is -0.118. The molecule has 1 aromatic carbocycles. The van der Waals surface area contributed by atoms with Crippen molar-refractivity contribution in [1.82, 2.24) is 25.5 Å². The average molecular weight is 388 g/mol. The summed E-state index contributed by atoms with van der Waals surface area (Å²) in [5, 5.41) is 15.4. The first-order chi connectivity index (χ1) is 13.3. The van der Waals surface area contributed by atoms with Gasteiger partial charge in [-0.25, -0.2) is 0 Å². The number of benzene rings is 1. The highest BCUT2D eigenvalue weighted by Crippen LogP contribution is 2.25. The van der Waals surface area contributed by atoms with E-state index in [2.05, 4.69) is 26.9 Å². The summed E-state index contributed by atoms with van der Waals surface area (Å²) in [6.07, 6.45) is 8.14. The first-order valence-electron chi connectivity index (χ1n) is 9.36. The zero-order valence-corrected chi connectivity index (χ0v) is 16.4. The van der Waals surface area contributed by atoms with Crippen LogP contribution in [0.15, 0.2) is 41.1 Å². The van der Waals surface area contributed by atoms with Crippen LogP contribution < -0.4 is 10.1 Å². The molecule has 8 heteroatoms. The second kappa shape index (κ2) is 10.1. The molecule has 0 atom stereocenters. The number of nitrogens with zero attached hydrogens (tertiary/aromatic N) is 4. The van der Waals surface area contributed by atoms with E-state index in [0.717, 1.165) is 12.1 Å². The predicted octanol–water partition coefficient (Wildman–Crippen LogP) is 3.16. The normalized spacial score (nSPS) is 13.9. The highest BCUT2D eigenvalue weighted by atomic mass is 32.2. The smallest absolute Gasteiger partial charge is 0.230 e. The van der Waals surface area contributed by atoms with Gasteiger partial charge in [-0.2, -0.15) is 4.68 Å². The molecular formula is C19H25N5O2S. The van der Waals surface area contributed by atoms with E-state index in [1.165, 1.54) is 43.0 Å². The third kappa shape index (κ3) is 5.56. The number of hydrogen-bond donors (Lipinski definition) is 1. The van der Waals surface area contributed by atoms with Crippen molar-refractivity contribution in [2.75, 3.05) is 18.9 Å². The SMILES string of the molecule is CCOc1ccccc1-n1nnnc1SCC(=O)NCCC1=CCCCC1. The molecule has 0 saturated heterocycles. The Balaban J connectivity index is 1.53. The van der Waals surface area contributed by atoms with Crippen LogP contribution in [0.5, 0.6) is 5.75 Å². The lowest BCUT2D eigenvalue weighted by Gasteiger charge is -2.13. The van der Waals surface area contributed by atoms with E-state index in [1.54, 1.807) is 4.68 Å². The van der Waals surface area contributed by atoms with Crippen molar-refractivity contribution in [1.29, 1.82) is 0 Å². The van der Waals surface area contributed by atoms with Crippen molar-refractivity contribution in [2.24, 2.45) is 0 Å². The summed E-state index contributed by atoms with van der Waals surface area (Å²) >= 11 is 1.31. The highest BCUT2D eigenvalue weighted by Gasteiger charge is 2.14. The Morgan fingerprint density at radius 2 is 2.22 bits per heavy atom. The molecule has 1 N–H and O–H groups in total. The molecule has 27 heavy (non-hydrogen) atoms. The van der Waals surface area contributed by atoms with Gasteiger partial charge in [0.25, 0.3) is 0 Å². The topological polar surface area (TPSA) is 81.9 Å². The third-order valence-electron chi connectivity index (χ3n) is 4.32. The van der Waals surface area contributed by atoms with Crippen LogP contribution in [0.25, 0.3) is 5.69 Å². The van der Waals surface area contributed by atoms with E-state index in [-0.39, 0.29) is 11.7 Å². The molecule has 144 valence electrons. The molecule has 1 amide bonds. The van der Waals surface area contributed by atoms with Gasteiger partial charge in [-0.3, -0.25) is 4.79 Å². The predicted molar refractivity (Wildman–Crippen MR) is 105 cm³/mol. The Labute approximate surface area is 163 Å². The van der Waals surface area contributed by atoms with Crippen LogP contribution in [-0.2, 0) is 4.79 Å². The maximum Gasteiger partial charge on any atom is 0.230 e. The number of allylic oxidation sites excluding steroid dienone is 1. The molecule has 0 saturated carbocycles. The minimum absolute atomic E-state index is 0.0101. The molecule has 1 heterocycles. The molecule has 0 aliphatic heterocycles. The van der Waals surface area contributed by atoms with Crippen molar-refractivity contribution in [3.63, 3.8) is 0 Å². The Morgan fingerprint density at radius 1 is 1.33 bits per heavy atom. The number of ether oxygens (including phenoxy) is 1. The van der Waals surface area contributed by atoms with Gasteiger partial charge >= 0.3 is 0 Å². The summed E-state index contributed by atoms with van der Waals surface area (Å²) in [6.45, 7) is 3.17. The van der Waals surface area contributed by atoms with Gasteiger partial charge in [-0.15, -0.1) is 5.10 Å². The van der Waals surface area contributed by atoms with Crippen LogP contribution in [0.4, 0.5) is 0 Å². The van der Waals surface area contributed by atoms with E-state index in [4.69, 9.17) is 4.74 Å². The molecule has 0 unspecified atom stereocenters. The van der Waals surface area contributed by atoms with Gasteiger partial charge < -0.3 is 10.1 Å². The largest absolute Gasteiger partial charge is 0.492 e. The summed E-state index contributed by atoms with van der Waals surface area (Å²) in [5.41, 5.74) is 2.22. The number of rotatable bonds is 9. The molecule has 1 aliphatic carbocycles. The quantitative estimate of drug-likeness (QED) is 0.526. The summed E-state index contributed by atoms with van der Waals surface area (Å²) in [7, 11) is 0. The molecule has 1 aromatic heterocycles. The summed E-state index contributed by atoms with van der Waals surface area (Å²) in [5.74, 6) is 0.972. The minimum atomic E-state index is -0.0101. The minimum Gasteiger partial charge on any atom is -0.492 e. The number of aromatic nitrogens is 4. The van der Waals surface area contributed by atoms with E-state index in [0.29, 0.717) is 24.1 Å². The zero-order valence-electron chi connectivity index (χ0n) is 15.6. The summed E-state index contributed by atoms with van der Waals surface area (Å²) < 4.78 is 7.25. The van der Waals surface area contributed by atoms with Crippen molar-refractivity contribution >= 4 is 17.7 Å². The van der Waals surface area contributed by atoms with E-state index >= 15 is 0 Å². The fraction of sp³-hybridized carbons (Fsp3) is 0.474. The molecule has 0 spiro atoms. The maximum absolute atomic E-state index is 12.1. The van der Waals surface area contributed by atoms with Crippen LogP contribution >= 0.6 is 11.8 Å². The highest BCUT2D eigenvalue weighted by molar-refractivity contribution is 7.99. The van der Waals surface area contributed by atoms with Gasteiger partial charge in [0.2, 0.25) is 11.1 Å². The molecule has 7 nitrogen and oxygen atoms in total. The number of nitrogens with one attached hydrogen (secondary N) is 1. The molecule has 3 rings (SSSR count). The van der Waals surface area contributed by atoms with E-state index in [9.17, 15) is 4.79 Å². The van der Waals surface area contributed by atoms with Crippen LogP contribution in [0, 0.1) is 0 Å². The fourth-order valence-corrected chi connectivity index (χ4v) is 3.72. The summed E-state index contributed by atoms with van der Waals surface area (Å²) in [6, 6.07) is 7.58. The Kier molecular flexibility index (Phi) is 7.27. The molecule has 0 fully saturated rings. The lowest BCUT2D eigenvalue weighted by Crippen LogP contribution is -2.26. The molecule has 2 aromatic rings. The number of tetrazole rings is 1. The summed E-state index contributed by atoms with van der Waals surface area (Å²) in [4.78, 5) is 12.1. The van der Waals surface area contributed by atoms with Gasteiger partial charge in [-0.05, 0) is 61.6 Å². The van der Waals surface area contributed by atoms with Crippen molar-refractivity contribution < 1.29 is 9.53 Å². The van der Waals surface area contributed by atoms with E-state index < -0.39 is 0 Å². The van der Waals surface area contributed by atoms with E-state index in [1.807, 2.05) is 31.2 Å². The van der Waals surface area contributed by atoms with Crippen LogP contribution in [0.3, 0.4) is 0 Å². The molecular weight excluding hydrogens is 362 g/mol. The monoisotopic (exact) mass is 387 g/mol. The maximum atomic E-state index is 12.1. The zero-order chi connectivity index (χ0) is 18.9. The van der Waals surface area contributed by atoms with Crippen molar-refractivity contribution in [3.05, 3.63) is 35.9 Å². The third-order valence-corrected chi connectivity index (χ3v) is 5.24. The number of amides is 1. The van der Waals surface area contributed by atoms with Gasteiger partial charge in [-0.1, -0.05) is 35.5 Å². The number of hydrogen-bond acceptors (Lipinski definition) is 6. The second-order valence-electron chi connectivity index (χ2n) is 6.27. The second-order valence-corrected chi connectivity index (χ2v) is 7.21. The van der Waals surface area contributed by atoms with Crippen LogP contribution in [0.2, 0.25) is 0 Å². The van der Waals surface area contributed by atoms with Gasteiger partial charge in [0.05, 0.1) is 12.4 Å². The van der Waals surface area contributed by atoms with Crippen LogP contribution in [-0.4, -0.2) is 45.0 Å². The van der Waals surface area contributed by atoms with Gasteiger partial charge in [0.1, 0.15) is 11.4 Å². The fourth-order valence-electron chi connectivity index (χ4n) is 3.01. The molecule has 0 bridgehead atoms. The molecule has 0 radical (unpaired) electrons. The standard InChI is InChI=1S/C19H25N5O2S/c1-2-26-17-11-7-6-10-16(17)24-19(21-22-23-24)27-14-18(25)20-13-12-15-8-4-3-5-9-15/h6-8,10-11H,2-5,9,12-14H2,1H3,(H,20,25).